The Balaban J connectivity index is 1.65. The minimum atomic E-state index is -0.185. The maximum Gasteiger partial charge on any atom is 0.271 e. The highest BCUT2D eigenvalue weighted by Crippen LogP contribution is 2.41. The fraction of sp³-hybridized carbons (Fsp3) is 0.154. The molecular formula is C26H20N2O2S2. The number of ether oxygens (including phenoxy) is 1. The maximum absolute atomic E-state index is 13.6. The third-order valence-corrected chi connectivity index (χ3v) is 7.90. The molecule has 0 saturated carbocycles. The molecule has 2 aromatic carbocycles. The van der Waals surface area contributed by atoms with Crippen LogP contribution in [0.25, 0.3) is 11.8 Å². The maximum atomic E-state index is 13.6. The molecule has 2 aromatic heterocycles. The fourth-order valence-electron chi connectivity index (χ4n) is 4.64. The first kappa shape index (κ1) is 19.5. The van der Waals surface area contributed by atoms with E-state index in [0.717, 1.165) is 39.5 Å². The number of thiazole rings is 1. The first-order valence-corrected chi connectivity index (χ1v) is 12.2. The van der Waals surface area contributed by atoms with Crippen LogP contribution < -0.4 is 19.6 Å². The van der Waals surface area contributed by atoms with E-state index >= 15 is 0 Å². The van der Waals surface area contributed by atoms with Crippen molar-refractivity contribution in [2.24, 2.45) is 4.99 Å². The normalized spacial score (nSPS) is 17.4. The van der Waals surface area contributed by atoms with Gasteiger partial charge in [-0.15, -0.1) is 11.3 Å². The molecule has 0 fully saturated rings. The second-order valence-electron chi connectivity index (χ2n) is 7.91. The highest BCUT2D eigenvalue weighted by molar-refractivity contribution is 7.11. The van der Waals surface area contributed by atoms with Crippen LogP contribution in [0.2, 0.25) is 0 Å². The van der Waals surface area contributed by atoms with Crippen molar-refractivity contribution in [1.82, 2.24) is 4.57 Å². The van der Waals surface area contributed by atoms with Gasteiger partial charge in [-0.3, -0.25) is 9.36 Å². The van der Waals surface area contributed by atoms with Crippen molar-refractivity contribution in [3.63, 3.8) is 0 Å². The van der Waals surface area contributed by atoms with Crippen LogP contribution in [0.15, 0.2) is 81.4 Å². The van der Waals surface area contributed by atoms with Gasteiger partial charge in [0.1, 0.15) is 5.75 Å². The molecule has 1 aliphatic heterocycles. The molecule has 1 atom stereocenters. The molecule has 0 unspecified atom stereocenters. The minimum absolute atomic E-state index is 0.0142. The van der Waals surface area contributed by atoms with Gasteiger partial charge in [-0.1, -0.05) is 53.8 Å². The Bertz CT molecular complexity index is 1540. The Morgan fingerprint density at radius 3 is 2.84 bits per heavy atom. The van der Waals surface area contributed by atoms with Gasteiger partial charge in [-0.2, -0.15) is 0 Å². The van der Waals surface area contributed by atoms with E-state index in [0.29, 0.717) is 4.53 Å². The molecule has 0 saturated heterocycles. The molecule has 3 heterocycles. The summed E-state index contributed by atoms with van der Waals surface area (Å²) < 4.78 is 8.10. The number of nitrogens with zero attached hydrogens (tertiary/aromatic N) is 2. The minimum Gasteiger partial charge on any atom is -0.497 e. The number of hydrogen-bond acceptors (Lipinski definition) is 5. The van der Waals surface area contributed by atoms with Gasteiger partial charge in [0.25, 0.3) is 5.56 Å². The van der Waals surface area contributed by atoms with Crippen molar-refractivity contribution in [3.05, 3.63) is 113 Å². The monoisotopic (exact) mass is 456 g/mol. The number of thiophene rings is 1. The number of hydrogen-bond donors (Lipinski definition) is 0. The van der Waals surface area contributed by atoms with Gasteiger partial charge in [0.15, 0.2) is 4.80 Å². The van der Waals surface area contributed by atoms with Crippen LogP contribution in [0, 0.1) is 0 Å². The molecule has 0 radical (unpaired) electrons. The van der Waals surface area contributed by atoms with Crippen molar-refractivity contribution in [3.8, 4) is 5.75 Å². The predicted molar refractivity (Wildman–Crippen MR) is 130 cm³/mol. The molecule has 0 N–H and O–H groups in total. The van der Waals surface area contributed by atoms with Crippen molar-refractivity contribution in [2.75, 3.05) is 7.11 Å². The highest BCUT2D eigenvalue weighted by atomic mass is 32.1. The lowest BCUT2D eigenvalue weighted by molar-refractivity contribution is 0.413. The van der Waals surface area contributed by atoms with Crippen LogP contribution in [0.1, 0.15) is 34.0 Å². The zero-order chi connectivity index (χ0) is 21.7. The number of benzene rings is 2. The van der Waals surface area contributed by atoms with Gasteiger partial charge < -0.3 is 4.74 Å². The molecular weight excluding hydrogens is 436 g/mol. The lowest BCUT2D eigenvalue weighted by atomic mass is 9.83. The van der Waals surface area contributed by atoms with E-state index in [1.54, 1.807) is 18.4 Å². The van der Waals surface area contributed by atoms with Crippen molar-refractivity contribution in [1.29, 1.82) is 0 Å². The van der Waals surface area contributed by atoms with Crippen LogP contribution in [0.5, 0.6) is 5.75 Å². The second kappa shape index (κ2) is 7.73. The summed E-state index contributed by atoms with van der Waals surface area (Å²) in [4.78, 5) is 20.5. The van der Waals surface area contributed by atoms with Gasteiger partial charge in [-0.05, 0) is 59.2 Å². The van der Waals surface area contributed by atoms with Crippen LogP contribution in [-0.4, -0.2) is 11.7 Å². The summed E-state index contributed by atoms with van der Waals surface area (Å²) in [6.07, 6.45) is 3.81. The van der Waals surface area contributed by atoms with Crippen molar-refractivity contribution >= 4 is 34.4 Å². The molecule has 4 nitrogen and oxygen atoms in total. The number of fused-ring (bicyclic) bond motifs is 3. The summed E-state index contributed by atoms with van der Waals surface area (Å²) in [6, 6.07) is 20.4. The highest BCUT2D eigenvalue weighted by Gasteiger charge is 2.32. The molecule has 0 bridgehead atoms. The zero-order valence-corrected chi connectivity index (χ0v) is 19.1. The molecule has 6 heteroatoms. The predicted octanol–water partition coefficient (Wildman–Crippen LogP) is 4.39. The molecule has 4 aromatic rings. The van der Waals surface area contributed by atoms with Gasteiger partial charge in [0.05, 0.1) is 23.4 Å². The van der Waals surface area contributed by atoms with E-state index in [4.69, 9.17) is 9.73 Å². The van der Waals surface area contributed by atoms with E-state index in [1.165, 1.54) is 28.0 Å². The molecule has 32 heavy (non-hydrogen) atoms. The number of allylic oxidation sites excluding steroid dienone is 1. The van der Waals surface area contributed by atoms with E-state index in [2.05, 4.69) is 30.3 Å². The zero-order valence-electron chi connectivity index (χ0n) is 17.4. The Hall–Kier alpha value is -3.22. The average Bonchev–Trinajstić information content (AvgIpc) is 3.46. The Morgan fingerprint density at radius 2 is 2.00 bits per heavy atom. The lowest BCUT2D eigenvalue weighted by Gasteiger charge is -2.31. The van der Waals surface area contributed by atoms with Crippen LogP contribution in [-0.2, 0) is 6.42 Å². The molecule has 0 spiro atoms. The summed E-state index contributed by atoms with van der Waals surface area (Å²) in [5, 5.41) is 2.03. The summed E-state index contributed by atoms with van der Waals surface area (Å²) in [5.74, 6) is 0.790. The van der Waals surface area contributed by atoms with E-state index in [1.807, 2.05) is 46.4 Å². The van der Waals surface area contributed by atoms with Gasteiger partial charge in [-0.25, -0.2) is 4.99 Å². The van der Waals surface area contributed by atoms with Gasteiger partial charge >= 0.3 is 0 Å². The van der Waals surface area contributed by atoms with Gasteiger partial charge in [0, 0.05) is 10.4 Å². The molecule has 0 amide bonds. The molecule has 1 aliphatic carbocycles. The van der Waals surface area contributed by atoms with Crippen molar-refractivity contribution < 1.29 is 4.74 Å². The summed E-state index contributed by atoms with van der Waals surface area (Å²) >= 11 is 3.10. The Kier molecular flexibility index (Phi) is 4.70. The van der Waals surface area contributed by atoms with Crippen LogP contribution >= 0.6 is 22.7 Å². The summed E-state index contributed by atoms with van der Waals surface area (Å²) in [6.45, 7) is 0. The second-order valence-corrected chi connectivity index (χ2v) is 9.89. The topological polar surface area (TPSA) is 43.6 Å². The van der Waals surface area contributed by atoms with E-state index < -0.39 is 0 Å². The van der Waals surface area contributed by atoms with E-state index in [-0.39, 0.29) is 11.6 Å². The van der Waals surface area contributed by atoms with Crippen molar-refractivity contribution in [2.45, 2.75) is 18.9 Å². The smallest absolute Gasteiger partial charge is 0.271 e. The quantitative estimate of drug-likeness (QED) is 0.459. The average molecular weight is 457 g/mol. The number of rotatable bonds is 3. The first-order chi connectivity index (χ1) is 15.7. The largest absolute Gasteiger partial charge is 0.497 e. The molecule has 2 aliphatic rings. The number of aromatic nitrogens is 1. The third kappa shape index (κ3) is 3.10. The fourth-order valence-corrected chi connectivity index (χ4v) is 6.36. The first-order valence-electron chi connectivity index (χ1n) is 10.5. The third-order valence-electron chi connectivity index (χ3n) is 6.10. The number of aryl methyl sites for hydroxylation is 1. The standard InChI is InChI=1S/C26H20N2O2S2/c1-30-18-8-4-7-17(14-18)24-21-12-11-16-6-2-3-10-20(16)23(21)27-26-28(24)25(29)22(32-26)15-19-9-5-13-31-19/h2-10,13-15,24H,11-12H2,1H3/b22-15+/t24-/m0/s1. The summed E-state index contributed by atoms with van der Waals surface area (Å²) in [7, 11) is 1.67. The SMILES string of the molecule is COc1cccc([C@H]2C3=C(N=c4s/c(=C/c5cccs5)c(=O)n42)c2ccccc2CC3)c1. The Morgan fingerprint density at radius 1 is 1.09 bits per heavy atom. The molecule has 158 valence electrons. The lowest BCUT2D eigenvalue weighted by Crippen LogP contribution is -2.38. The van der Waals surface area contributed by atoms with E-state index in [9.17, 15) is 4.79 Å². The Labute approximate surface area is 193 Å². The number of methoxy groups -OCH3 is 1. The summed E-state index contributed by atoms with van der Waals surface area (Å²) in [5.41, 5.74) is 5.78. The van der Waals surface area contributed by atoms with Crippen LogP contribution in [0.4, 0.5) is 0 Å². The van der Waals surface area contributed by atoms with Gasteiger partial charge in [0.2, 0.25) is 0 Å². The molecule has 6 rings (SSSR count). The van der Waals surface area contributed by atoms with Crippen LogP contribution in [0.3, 0.4) is 0 Å².